The molecule has 0 fully saturated rings. The number of hydrogen-bond donors (Lipinski definition) is 2. The van der Waals surface area contributed by atoms with Crippen molar-refractivity contribution in [1.29, 1.82) is 0 Å². The first kappa shape index (κ1) is 12.5. The van der Waals surface area contributed by atoms with Gasteiger partial charge in [-0.1, -0.05) is 0 Å². The molecule has 0 atom stereocenters. The maximum atomic E-state index is 11.6. The third-order valence-corrected chi connectivity index (χ3v) is 3.40. The maximum absolute atomic E-state index is 11.6. The SMILES string of the molecule is O=C(NCCn1ccc(-c2ccsc2)n1)c1ncn[nH]1. The van der Waals surface area contributed by atoms with Crippen molar-refractivity contribution in [1.82, 2.24) is 30.3 Å². The van der Waals surface area contributed by atoms with Gasteiger partial charge < -0.3 is 5.32 Å². The normalized spacial score (nSPS) is 10.6. The van der Waals surface area contributed by atoms with E-state index in [1.54, 1.807) is 16.0 Å². The molecule has 1 amide bonds. The minimum absolute atomic E-state index is 0.212. The van der Waals surface area contributed by atoms with Crippen LogP contribution in [0.3, 0.4) is 0 Å². The fourth-order valence-corrected chi connectivity index (χ4v) is 2.38. The van der Waals surface area contributed by atoms with Crippen LogP contribution in [0.25, 0.3) is 11.3 Å². The van der Waals surface area contributed by atoms with Gasteiger partial charge >= 0.3 is 0 Å². The lowest BCUT2D eigenvalue weighted by molar-refractivity contribution is 0.0942. The Balaban J connectivity index is 1.53. The van der Waals surface area contributed by atoms with E-state index in [0.29, 0.717) is 13.1 Å². The van der Waals surface area contributed by atoms with Crippen molar-refractivity contribution >= 4 is 17.2 Å². The highest BCUT2D eigenvalue weighted by atomic mass is 32.1. The third kappa shape index (κ3) is 2.75. The summed E-state index contributed by atoms with van der Waals surface area (Å²) >= 11 is 1.64. The predicted octanol–water partition coefficient (Wildman–Crippen LogP) is 1.16. The highest BCUT2D eigenvalue weighted by Crippen LogP contribution is 2.19. The molecule has 2 N–H and O–H groups in total. The highest BCUT2D eigenvalue weighted by molar-refractivity contribution is 7.08. The van der Waals surface area contributed by atoms with E-state index in [0.717, 1.165) is 11.3 Å². The number of hydrogen-bond acceptors (Lipinski definition) is 5. The summed E-state index contributed by atoms with van der Waals surface area (Å²) in [7, 11) is 0. The molecule has 3 aromatic rings. The second kappa shape index (κ2) is 5.66. The molecule has 3 heterocycles. The Labute approximate surface area is 118 Å². The van der Waals surface area contributed by atoms with E-state index in [1.807, 2.05) is 23.7 Å². The molecule has 0 radical (unpaired) electrons. The number of carbonyl (C=O) groups is 1. The fourth-order valence-electron chi connectivity index (χ4n) is 1.73. The van der Waals surface area contributed by atoms with Gasteiger partial charge in [0.25, 0.3) is 5.91 Å². The highest BCUT2D eigenvalue weighted by Gasteiger charge is 2.07. The molecule has 20 heavy (non-hydrogen) atoms. The van der Waals surface area contributed by atoms with Gasteiger partial charge in [0.05, 0.1) is 12.2 Å². The van der Waals surface area contributed by atoms with Crippen molar-refractivity contribution in [2.75, 3.05) is 6.54 Å². The molecule has 0 aliphatic heterocycles. The van der Waals surface area contributed by atoms with Crippen LogP contribution in [0, 0.1) is 0 Å². The minimum Gasteiger partial charge on any atom is -0.347 e. The summed E-state index contributed by atoms with van der Waals surface area (Å²) in [5.41, 5.74) is 2.05. The second-order valence-electron chi connectivity index (χ2n) is 4.07. The van der Waals surface area contributed by atoms with Crippen molar-refractivity contribution in [3.05, 3.63) is 41.2 Å². The largest absolute Gasteiger partial charge is 0.347 e. The van der Waals surface area contributed by atoms with Gasteiger partial charge in [0.15, 0.2) is 0 Å². The molecule has 0 bridgehead atoms. The molecule has 0 saturated heterocycles. The van der Waals surface area contributed by atoms with Gasteiger partial charge in [0, 0.05) is 23.7 Å². The Kier molecular flexibility index (Phi) is 3.55. The van der Waals surface area contributed by atoms with Crippen molar-refractivity contribution in [3.8, 4) is 11.3 Å². The third-order valence-electron chi connectivity index (χ3n) is 2.71. The van der Waals surface area contributed by atoms with Crippen LogP contribution in [-0.4, -0.2) is 37.4 Å². The molecule has 3 aromatic heterocycles. The number of thiophene rings is 1. The predicted molar refractivity (Wildman–Crippen MR) is 74.3 cm³/mol. The van der Waals surface area contributed by atoms with Gasteiger partial charge in [-0.25, -0.2) is 4.98 Å². The van der Waals surface area contributed by atoms with Crippen LogP contribution >= 0.6 is 11.3 Å². The molecule has 0 spiro atoms. The zero-order valence-electron chi connectivity index (χ0n) is 10.5. The lowest BCUT2D eigenvalue weighted by Crippen LogP contribution is -2.28. The first-order chi connectivity index (χ1) is 9.83. The average Bonchev–Trinajstić information content (AvgIpc) is 3.20. The lowest BCUT2D eigenvalue weighted by atomic mass is 10.2. The molecular weight excluding hydrogens is 276 g/mol. The van der Waals surface area contributed by atoms with Gasteiger partial charge in [-0.05, 0) is 17.5 Å². The second-order valence-corrected chi connectivity index (χ2v) is 4.85. The smallest absolute Gasteiger partial charge is 0.288 e. The number of amides is 1. The van der Waals surface area contributed by atoms with Crippen LogP contribution < -0.4 is 5.32 Å². The van der Waals surface area contributed by atoms with Gasteiger partial charge in [0.2, 0.25) is 5.82 Å². The molecule has 8 heteroatoms. The average molecular weight is 288 g/mol. The number of aromatic nitrogens is 5. The Morgan fingerprint density at radius 2 is 2.40 bits per heavy atom. The molecular formula is C12H12N6OS. The Morgan fingerprint density at radius 1 is 1.45 bits per heavy atom. The molecule has 0 aromatic carbocycles. The first-order valence-corrected chi connectivity index (χ1v) is 6.97. The van der Waals surface area contributed by atoms with Crippen LogP contribution in [0.15, 0.2) is 35.4 Å². The number of carbonyl (C=O) groups excluding carboxylic acids is 1. The van der Waals surface area contributed by atoms with Crippen LogP contribution in [0.5, 0.6) is 0 Å². The monoisotopic (exact) mass is 288 g/mol. The number of nitrogens with one attached hydrogen (secondary N) is 2. The standard InChI is InChI=1S/C12H12N6OS/c19-12(11-14-8-15-16-11)13-3-5-18-4-1-10(17-18)9-2-6-20-7-9/h1-2,4,6-8H,3,5H2,(H,13,19)(H,14,15,16). The van der Waals surface area contributed by atoms with Crippen molar-refractivity contribution in [2.45, 2.75) is 6.54 Å². The van der Waals surface area contributed by atoms with Gasteiger partial charge in [-0.3, -0.25) is 14.6 Å². The van der Waals surface area contributed by atoms with Crippen molar-refractivity contribution < 1.29 is 4.79 Å². The van der Waals surface area contributed by atoms with Crippen LogP contribution in [0.1, 0.15) is 10.6 Å². The number of rotatable bonds is 5. The minimum atomic E-state index is -0.271. The summed E-state index contributed by atoms with van der Waals surface area (Å²) in [5, 5.41) is 17.4. The summed E-state index contributed by atoms with van der Waals surface area (Å²) in [6.07, 6.45) is 3.20. The molecule has 102 valence electrons. The van der Waals surface area contributed by atoms with E-state index in [-0.39, 0.29) is 11.7 Å². The first-order valence-electron chi connectivity index (χ1n) is 6.02. The lowest BCUT2D eigenvalue weighted by Gasteiger charge is -2.03. The summed E-state index contributed by atoms with van der Waals surface area (Å²) < 4.78 is 1.80. The zero-order valence-corrected chi connectivity index (χ0v) is 11.3. The quantitative estimate of drug-likeness (QED) is 0.737. The van der Waals surface area contributed by atoms with Crippen LogP contribution in [-0.2, 0) is 6.54 Å². The van der Waals surface area contributed by atoms with E-state index >= 15 is 0 Å². The molecule has 0 unspecified atom stereocenters. The summed E-state index contributed by atoms with van der Waals surface area (Å²) in [4.78, 5) is 15.4. The summed E-state index contributed by atoms with van der Waals surface area (Å²) in [5.74, 6) is -0.0582. The Bertz CT molecular complexity index is 673. The molecule has 0 aliphatic carbocycles. The van der Waals surface area contributed by atoms with E-state index < -0.39 is 0 Å². The molecule has 0 aliphatic rings. The van der Waals surface area contributed by atoms with Gasteiger partial charge in [-0.15, -0.1) is 0 Å². The zero-order chi connectivity index (χ0) is 13.8. The molecule has 3 rings (SSSR count). The molecule has 7 nitrogen and oxygen atoms in total. The van der Waals surface area contributed by atoms with E-state index in [4.69, 9.17) is 0 Å². The van der Waals surface area contributed by atoms with E-state index in [9.17, 15) is 4.79 Å². The number of aromatic amines is 1. The number of nitrogens with zero attached hydrogens (tertiary/aromatic N) is 4. The maximum Gasteiger partial charge on any atom is 0.288 e. The van der Waals surface area contributed by atoms with Gasteiger partial charge in [0.1, 0.15) is 6.33 Å². The number of H-pyrrole nitrogens is 1. The van der Waals surface area contributed by atoms with Crippen LogP contribution in [0.4, 0.5) is 0 Å². The van der Waals surface area contributed by atoms with Crippen molar-refractivity contribution in [2.24, 2.45) is 0 Å². The Hall–Kier alpha value is -2.48. The Morgan fingerprint density at radius 3 is 3.15 bits per heavy atom. The van der Waals surface area contributed by atoms with Gasteiger partial charge in [-0.2, -0.15) is 21.5 Å². The summed E-state index contributed by atoms with van der Waals surface area (Å²) in [6, 6.07) is 3.99. The van der Waals surface area contributed by atoms with E-state index in [1.165, 1.54) is 6.33 Å². The van der Waals surface area contributed by atoms with Crippen molar-refractivity contribution in [3.63, 3.8) is 0 Å². The summed E-state index contributed by atoms with van der Waals surface area (Å²) in [6.45, 7) is 1.08. The molecule has 0 saturated carbocycles. The van der Waals surface area contributed by atoms with Crippen LogP contribution in [0.2, 0.25) is 0 Å². The van der Waals surface area contributed by atoms with E-state index in [2.05, 4.69) is 31.0 Å². The topological polar surface area (TPSA) is 88.5 Å². The fraction of sp³-hybridized carbons (Fsp3) is 0.167.